The average Bonchev–Trinajstić information content (AvgIpc) is 3.10. The Morgan fingerprint density at radius 2 is 1.28 bits per heavy atom. The molecule has 2 amide bonds. The number of imide groups is 1. The number of para-hydroxylation sites is 2. The van der Waals surface area contributed by atoms with Gasteiger partial charge in [-0.25, -0.2) is 0 Å². The summed E-state index contributed by atoms with van der Waals surface area (Å²) in [5, 5.41) is 2.25. The van der Waals surface area contributed by atoms with Crippen LogP contribution in [0.5, 0.6) is 0 Å². The highest BCUT2D eigenvalue weighted by Gasteiger charge is 2.35. The topological polar surface area (TPSA) is 42.3 Å². The molecule has 0 N–H and O–H groups in total. The van der Waals surface area contributed by atoms with Gasteiger partial charge >= 0.3 is 0 Å². The van der Waals surface area contributed by atoms with Crippen molar-refractivity contribution < 1.29 is 9.59 Å². The standard InChI is InChI=1S/C21H14N2O2/c1-22-20(24)15-9-6-12-18(19(15)21(22)25)23-16-10-4-2-7-13(16)14-8-3-5-11-17(14)23/h2-12H,1H3. The fourth-order valence-corrected chi connectivity index (χ4v) is 3.75. The van der Waals surface area contributed by atoms with Gasteiger partial charge in [-0.2, -0.15) is 0 Å². The average molecular weight is 326 g/mol. The minimum Gasteiger partial charge on any atom is -0.308 e. The van der Waals surface area contributed by atoms with Crippen LogP contribution < -0.4 is 0 Å². The van der Waals surface area contributed by atoms with Gasteiger partial charge < -0.3 is 4.57 Å². The molecule has 0 radical (unpaired) electrons. The number of fused-ring (bicyclic) bond motifs is 4. The van der Waals surface area contributed by atoms with E-state index < -0.39 is 0 Å². The number of hydrogen-bond donors (Lipinski definition) is 0. The maximum absolute atomic E-state index is 12.7. The Morgan fingerprint density at radius 3 is 1.92 bits per heavy atom. The first kappa shape index (κ1) is 14.0. The molecule has 0 spiro atoms. The lowest BCUT2D eigenvalue weighted by Crippen LogP contribution is -2.24. The maximum atomic E-state index is 12.7. The summed E-state index contributed by atoms with van der Waals surface area (Å²) in [6, 6.07) is 21.7. The van der Waals surface area contributed by atoms with Gasteiger partial charge in [0.15, 0.2) is 0 Å². The van der Waals surface area contributed by atoms with E-state index in [0.717, 1.165) is 27.5 Å². The van der Waals surface area contributed by atoms with Gasteiger partial charge in [-0.3, -0.25) is 14.5 Å². The molecule has 120 valence electrons. The van der Waals surface area contributed by atoms with Crippen LogP contribution in [0.15, 0.2) is 66.7 Å². The molecule has 4 heteroatoms. The summed E-state index contributed by atoms with van der Waals surface area (Å²) < 4.78 is 2.08. The molecule has 4 aromatic rings. The molecule has 0 atom stereocenters. The molecule has 1 aliphatic rings. The molecule has 0 saturated carbocycles. The van der Waals surface area contributed by atoms with E-state index in [1.165, 1.54) is 11.9 Å². The van der Waals surface area contributed by atoms with Gasteiger partial charge in [0.2, 0.25) is 0 Å². The first-order valence-electron chi connectivity index (χ1n) is 8.12. The van der Waals surface area contributed by atoms with Crippen molar-refractivity contribution in [2.24, 2.45) is 0 Å². The van der Waals surface area contributed by atoms with Crippen molar-refractivity contribution in [1.29, 1.82) is 0 Å². The second kappa shape index (κ2) is 4.80. The summed E-state index contributed by atoms with van der Waals surface area (Å²) in [5.41, 5.74) is 3.73. The third-order valence-corrected chi connectivity index (χ3v) is 4.92. The minimum absolute atomic E-state index is 0.248. The largest absolute Gasteiger partial charge is 0.308 e. The Kier molecular flexibility index (Phi) is 2.69. The van der Waals surface area contributed by atoms with E-state index in [-0.39, 0.29) is 11.8 Å². The monoisotopic (exact) mass is 326 g/mol. The summed E-state index contributed by atoms with van der Waals surface area (Å²) >= 11 is 0. The van der Waals surface area contributed by atoms with E-state index in [2.05, 4.69) is 16.7 Å². The molecule has 25 heavy (non-hydrogen) atoms. The number of carbonyl (C=O) groups excluding carboxylic acids is 2. The van der Waals surface area contributed by atoms with Crippen LogP contribution in [0.25, 0.3) is 27.5 Å². The third kappa shape index (κ3) is 1.71. The van der Waals surface area contributed by atoms with Crippen molar-refractivity contribution >= 4 is 33.6 Å². The lowest BCUT2D eigenvalue weighted by molar-refractivity contribution is 0.0693. The highest BCUT2D eigenvalue weighted by atomic mass is 16.2. The van der Waals surface area contributed by atoms with Gasteiger partial charge in [0.1, 0.15) is 0 Å². The molecule has 1 aromatic heterocycles. The fourth-order valence-electron chi connectivity index (χ4n) is 3.75. The number of amides is 2. The number of rotatable bonds is 1. The first-order valence-corrected chi connectivity index (χ1v) is 8.12. The minimum atomic E-state index is -0.252. The molecule has 0 aliphatic carbocycles. The van der Waals surface area contributed by atoms with Crippen molar-refractivity contribution in [2.75, 3.05) is 7.05 Å². The van der Waals surface area contributed by atoms with E-state index in [1.54, 1.807) is 6.07 Å². The zero-order chi connectivity index (χ0) is 17.1. The van der Waals surface area contributed by atoms with Crippen molar-refractivity contribution in [2.45, 2.75) is 0 Å². The Balaban J connectivity index is 1.96. The molecule has 3 aromatic carbocycles. The highest BCUT2D eigenvalue weighted by molar-refractivity contribution is 6.23. The van der Waals surface area contributed by atoms with Crippen LogP contribution in [0, 0.1) is 0 Å². The molecule has 4 nitrogen and oxygen atoms in total. The Bertz CT molecular complexity index is 1150. The molecular formula is C21H14N2O2. The van der Waals surface area contributed by atoms with Crippen LogP contribution in [0.3, 0.4) is 0 Å². The fraction of sp³-hybridized carbons (Fsp3) is 0.0476. The normalized spacial score (nSPS) is 13.9. The summed E-state index contributed by atoms with van der Waals surface area (Å²) in [6.07, 6.45) is 0. The highest BCUT2D eigenvalue weighted by Crippen LogP contribution is 2.35. The smallest absolute Gasteiger partial charge is 0.263 e. The lowest BCUT2D eigenvalue weighted by Gasteiger charge is -2.11. The molecule has 0 unspecified atom stereocenters. The molecule has 0 fully saturated rings. The van der Waals surface area contributed by atoms with Crippen LogP contribution in [0.2, 0.25) is 0 Å². The van der Waals surface area contributed by atoms with E-state index in [4.69, 9.17) is 0 Å². The second-order valence-electron chi connectivity index (χ2n) is 6.24. The Morgan fingerprint density at radius 1 is 0.680 bits per heavy atom. The van der Waals surface area contributed by atoms with E-state index in [0.29, 0.717) is 11.1 Å². The molecule has 5 rings (SSSR count). The molecular weight excluding hydrogens is 312 g/mol. The van der Waals surface area contributed by atoms with Gasteiger partial charge in [0.05, 0.1) is 27.8 Å². The number of carbonyl (C=O) groups is 2. The van der Waals surface area contributed by atoms with Crippen molar-refractivity contribution in [3.05, 3.63) is 77.9 Å². The van der Waals surface area contributed by atoms with Gasteiger partial charge in [-0.05, 0) is 24.3 Å². The summed E-state index contributed by atoms with van der Waals surface area (Å²) in [4.78, 5) is 26.2. The van der Waals surface area contributed by atoms with E-state index in [9.17, 15) is 9.59 Å². The summed E-state index contributed by atoms with van der Waals surface area (Å²) in [5.74, 6) is -0.500. The van der Waals surface area contributed by atoms with Crippen LogP contribution in [-0.4, -0.2) is 28.3 Å². The van der Waals surface area contributed by atoms with Gasteiger partial charge in [0, 0.05) is 17.8 Å². The van der Waals surface area contributed by atoms with Crippen molar-refractivity contribution in [3.8, 4) is 5.69 Å². The van der Waals surface area contributed by atoms with Crippen LogP contribution >= 0.6 is 0 Å². The Labute approximate surface area is 143 Å². The van der Waals surface area contributed by atoms with E-state index >= 15 is 0 Å². The molecule has 2 heterocycles. The van der Waals surface area contributed by atoms with Crippen molar-refractivity contribution in [3.63, 3.8) is 0 Å². The quantitative estimate of drug-likeness (QED) is 0.496. The maximum Gasteiger partial charge on any atom is 0.263 e. The number of benzene rings is 3. The van der Waals surface area contributed by atoms with Crippen LogP contribution in [0.1, 0.15) is 20.7 Å². The molecule has 0 bridgehead atoms. The van der Waals surface area contributed by atoms with Crippen molar-refractivity contribution in [1.82, 2.24) is 9.47 Å². The summed E-state index contributed by atoms with van der Waals surface area (Å²) in [6.45, 7) is 0. The van der Waals surface area contributed by atoms with Crippen LogP contribution in [0.4, 0.5) is 0 Å². The number of aromatic nitrogens is 1. The third-order valence-electron chi connectivity index (χ3n) is 4.92. The van der Waals surface area contributed by atoms with E-state index in [1.807, 2.05) is 48.5 Å². The lowest BCUT2D eigenvalue weighted by atomic mass is 10.1. The molecule has 1 aliphatic heterocycles. The predicted octanol–water partition coefficient (Wildman–Crippen LogP) is 4.01. The predicted molar refractivity (Wildman–Crippen MR) is 97.2 cm³/mol. The Hall–Kier alpha value is -3.40. The van der Waals surface area contributed by atoms with Gasteiger partial charge in [0.25, 0.3) is 11.8 Å². The number of hydrogen-bond acceptors (Lipinski definition) is 2. The number of nitrogens with zero attached hydrogens (tertiary/aromatic N) is 2. The molecule has 0 saturated heterocycles. The second-order valence-corrected chi connectivity index (χ2v) is 6.24. The zero-order valence-electron chi connectivity index (χ0n) is 13.6. The summed E-state index contributed by atoms with van der Waals surface area (Å²) in [7, 11) is 1.53. The van der Waals surface area contributed by atoms with Crippen LogP contribution in [-0.2, 0) is 0 Å². The zero-order valence-corrected chi connectivity index (χ0v) is 13.6. The SMILES string of the molecule is CN1C(=O)c2cccc(-n3c4ccccc4c4ccccc43)c2C1=O. The van der Waals surface area contributed by atoms with Gasteiger partial charge in [-0.1, -0.05) is 42.5 Å². The van der Waals surface area contributed by atoms with Gasteiger partial charge in [-0.15, -0.1) is 0 Å². The first-order chi connectivity index (χ1) is 12.2.